The van der Waals surface area contributed by atoms with Gasteiger partial charge in [-0.15, -0.1) is 0 Å². The summed E-state index contributed by atoms with van der Waals surface area (Å²) in [4.78, 5) is 24.3. The van der Waals surface area contributed by atoms with E-state index in [1.54, 1.807) is 6.20 Å². The topological polar surface area (TPSA) is 39.7 Å². The van der Waals surface area contributed by atoms with Crippen LogP contribution in [0.2, 0.25) is 0 Å². The summed E-state index contributed by atoms with van der Waals surface area (Å²) in [6, 6.07) is 5.92. The van der Waals surface area contributed by atoms with Crippen LogP contribution in [0.3, 0.4) is 0 Å². The summed E-state index contributed by atoms with van der Waals surface area (Å²) < 4.78 is 0. The average Bonchev–Trinajstić information content (AvgIpc) is 2.96. The third-order valence-corrected chi connectivity index (χ3v) is 5.95. The highest BCUT2D eigenvalue weighted by molar-refractivity contribution is 5.82. The Labute approximate surface area is 152 Å². The summed E-state index contributed by atoms with van der Waals surface area (Å²) in [6.07, 6.45) is 6.35. The number of likely N-dealkylation sites (N-methyl/N-ethyl adjacent to an activating group) is 1. The van der Waals surface area contributed by atoms with Crippen molar-refractivity contribution < 1.29 is 4.79 Å². The van der Waals surface area contributed by atoms with Crippen LogP contribution >= 0.6 is 0 Å². The molecule has 3 heterocycles. The fraction of sp³-hybridized carbons (Fsp3) is 0.700. The van der Waals surface area contributed by atoms with Gasteiger partial charge in [-0.3, -0.25) is 14.7 Å². The molecule has 2 aliphatic heterocycles. The van der Waals surface area contributed by atoms with Crippen molar-refractivity contribution in [1.82, 2.24) is 19.7 Å². The second-order valence-corrected chi connectivity index (χ2v) is 8.01. The molecule has 1 aromatic rings. The van der Waals surface area contributed by atoms with Crippen LogP contribution in [0.15, 0.2) is 24.4 Å². The van der Waals surface area contributed by atoms with Gasteiger partial charge in [0.1, 0.15) is 0 Å². The number of carbonyl (C=O) groups excluding carboxylic acids is 1. The first-order valence-electron chi connectivity index (χ1n) is 9.60. The number of carbonyl (C=O) groups is 1. The number of hydrogen-bond donors (Lipinski definition) is 0. The first-order chi connectivity index (χ1) is 12.0. The van der Waals surface area contributed by atoms with Gasteiger partial charge in [-0.2, -0.15) is 0 Å². The van der Waals surface area contributed by atoms with Crippen molar-refractivity contribution in [3.8, 4) is 0 Å². The molecule has 25 heavy (non-hydrogen) atoms. The van der Waals surface area contributed by atoms with Gasteiger partial charge in [0.25, 0.3) is 0 Å². The van der Waals surface area contributed by atoms with E-state index in [4.69, 9.17) is 0 Å². The summed E-state index contributed by atoms with van der Waals surface area (Å²) in [7, 11) is 4.12. The van der Waals surface area contributed by atoms with Crippen molar-refractivity contribution >= 4 is 5.91 Å². The number of amides is 1. The molecule has 0 radical (unpaired) electrons. The zero-order valence-electron chi connectivity index (χ0n) is 15.9. The van der Waals surface area contributed by atoms with Crippen LogP contribution in [0.1, 0.15) is 38.3 Å². The molecule has 1 spiro atoms. The molecule has 1 atom stereocenters. The minimum Gasteiger partial charge on any atom is -0.338 e. The van der Waals surface area contributed by atoms with Crippen molar-refractivity contribution in [2.24, 2.45) is 5.41 Å². The maximum Gasteiger partial charge on any atom is 0.240 e. The number of rotatable bonds is 5. The highest BCUT2D eigenvalue weighted by atomic mass is 16.2. The summed E-state index contributed by atoms with van der Waals surface area (Å²) in [6.45, 7) is 7.22. The molecule has 1 amide bonds. The highest BCUT2D eigenvalue weighted by Gasteiger charge is 2.47. The molecular formula is C20H32N4O. The molecule has 0 bridgehead atoms. The molecule has 0 aliphatic carbocycles. The highest BCUT2D eigenvalue weighted by Crippen LogP contribution is 2.43. The normalized spacial score (nSPS) is 23.9. The Hall–Kier alpha value is -1.46. The lowest BCUT2D eigenvalue weighted by atomic mass is 9.76. The van der Waals surface area contributed by atoms with E-state index >= 15 is 0 Å². The van der Waals surface area contributed by atoms with Gasteiger partial charge in [-0.1, -0.05) is 13.0 Å². The summed E-state index contributed by atoms with van der Waals surface area (Å²) >= 11 is 0. The zero-order valence-corrected chi connectivity index (χ0v) is 15.9. The van der Waals surface area contributed by atoms with Gasteiger partial charge in [-0.25, -0.2) is 0 Å². The van der Waals surface area contributed by atoms with Gasteiger partial charge in [0.05, 0.1) is 18.3 Å². The average molecular weight is 345 g/mol. The van der Waals surface area contributed by atoms with Crippen LogP contribution < -0.4 is 0 Å². The molecule has 0 N–H and O–H groups in total. The molecule has 5 heteroatoms. The summed E-state index contributed by atoms with van der Waals surface area (Å²) in [5.74, 6) is 0.259. The van der Waals surface area contributed by atoms with Gasteiger partial charge in [-0.05, 0) is 69.9 Å². The van der Waals surface area contributed by atoms with Crippen LogP contribution in [0.4, 0.5) is 0 Å². The lowest BCUT2D eigenvalue weighted by Gasteiger charge is -2.37. The minimum absolute atomic E-state index is 0.0390. The van der Waals surface area contributed by atoms with Gasteiger partial charge in [0.2, 0.25) is 5.91 Å². The zero-order chi connectivity index (χ0) is 17.9. The lowest BCUT2D eigenvalue weighted by molar-refractivity contribution is -0.135. The number of piperidine rings is 1. The number of hydrogen-bond acceptors (Lipinski definition) is 4. The van der Waals surface area contributed by atoms with Gasteiger partial charge < -0.3 is 9.80 Å². The van der Waals surface area contributed by atoms with E-state index in [0.717, 1.165) is 44.7 Å². The molecule has 0 saturated carbocycles. The van der Waals surface area contributed by atoms with Crippen molar-refractivity contribution in [1.29, 1.82) is 0 Å². The molecule has 0 unspecified atom stereocenters. The standard InChI is InChI=1S/C20H32N4O/c1-4-11-24-16-20(8-12-22(2)13-9-20)14-18(24)19(25)23(3)15-17-7-5-6-10-21-17/h5-7,10,18H,4,8-9,11-16H2,1-3H3/t18-/m0/s1. The van der Waals surface area contributed by atoms with E-state index in [9.17, 15) is 4.79 Å². The van der Waals surface area contributed by atoms with Crippen molar-refractivity contribution in [2.45, 2.75) is 45.2 Å². The van der Waals surface area contributed by atoms with E-state index in [2.05, 4.69) is 28.8 Å². The summed E-state index contributed by atoms with van der Waals surface area (Å²) in [5.41, 5.74) is 1.29. The molecule has 2 saturated heterocycles. The Kier molecular flexibility index (Phi) is 5.74. The maximum absolute atomic E-state index is 13.2. The third kappa shape index (κ3) is 4.21. The molecule has 138 valence electrons. The van der Waals surface area contributed by atoms with E-state index in [-0.39, 0.29) is 11.9 Å². The second kappa shape index (κ2) is 7.83. The Morgan fingerprint density at radius 3 is 2.76 bits per heavy atom. The third-order valence-electron chi connectivity index (χ3n) is 5.95. The molecular weight excluding hydrogens is 312 g/mol. The van der Waals surface area contributed by atoms with E-state index in [1.165, 1.54) is 12.8 Å². The molecule has 1 aromatic heterocycles. The number of nitrogens with zero attached hydrogens (tertiary/aromatic N) is 4. The second-order valence-electron chi connectivity index (χ2n) is 8.01. The molecule has 2 aliphatic rings. The van der Waals surface area contributed by atoms with E-state index in [0.29, 0.717) is 12.0 Å². The SMILES string of the molecule is CCCN1CC2(CCN(C)CC2)C[C@H]1C(=O)N(C)Cc1ccccn1. The predicted octanol–water partition coefficient (Wildman–Crippen LogP) is 2.24. The maximum atomic E-state index is 13.2. The van der Waals surface area contributed by atoms with Crippen LogP contribution in [0.5, 0.6) is 0 Å². The predicted molar refractivity (Wildman–Crippen MR) is 100 cm³/mol. The Morgan fingerprint density at radius 2 is 2.12 bits per heavy atom. The fourth-order valence-corrected chi connectivity index (χ4v) is 4.43. The number of aromatic nitrogens is 1. The fourth-order valence-electron chi connectivity index (χ4n) is 4.43. The van der Waals surface area contributed by atoms with Crippen molar-refractivity contribution in [2.75, 3.05) is 40.3 Å². The molecule has 0 aromatic carbocycles. The van der Waals surface area contributed by atoms with Gasteiger partial charge >= 0.3 is 0 Å². The van der Waals surface area contributed by atoms with Crippen LogP contribution in [0.25, 0.3) is 0 Å². The minimum atomic E-state index is 0.0390. The van der Waals surface area contributed by atoms with Crippen molar-refractivity contribution in [3.05, 3.63) is 30.1 Å². The first-order valence-corrected chi connectivity index (χ1v) is 9.60. The van der Waals surface area contributed by atoms with Crippen LogP contribution in [-0.4, -0.2) is 71.9 Å². The molecule has 3 rings (SSSR count). The van der Waals surface area contributed by atoms with E-state index < -0.39 is 0 Å². The van der Waals surface area contributed by atoms with Crippen LogP contribution in [0, 0.1) is 5.41 Å². The first kappa shape index (κ1) is 18.3. The quantitative estimate of drug-likeness (QED) is 0.821. The lowest BCUT2D eigenvalue weighted by Crippen LogP contribution is -2.44. The van der Waals surface area contributed by atoms with Gasteiger partial charge in [0.15, 0.2) is 0 Å². The van der Waals surface area contributed by atoms with Crippen LogP contribution in [-0.2, 0) is 11.3 Å². The van der Waals surface area contributed by atoms with Crippen molar-refractivity contribution in [3.63, 3.8) is 0 Å². The Morgan fingerprint density at radius 1 is 1.36 bits per heavy atom. The monoisotopic (exact) mass is 344 g/mol. The summed E-state index contributed by atoms with van der Waals surface area (Å²) in [5, 5.41) is 0. The number of likely N-dealkylation sites (tertiary alicyclic amines) is 2. The Bertz CT molecular complexity index is 568. The molecule has 5 nitrogen and oxygen atoms in total. The van der Waals surface area contributed by atoms with E-state index in [1.807, 2.05) is 30.1 Å². The van der Waals surface area contributed by atoms with Gasteiger partial charge in [0, 0.05) is 19.8 Å². The Balaban J connectivity index is 1.68. The largest absolute Gasteiger partial charge is 0.338 e. The molecule has 2 fully saturated rings. The smallest absolute Gasteiger partial charge is 0.240 e. The number of pyridine rings is 1.